The van der Waals surface area contributed by atoms with E-state index in [4.69, 9.17) is 16.3 Å². The Kier molecular flexibility index (Phi) is 5.54. The van der Waals surface area contributed by atoms with Gasteiger partial charge in [0.25, 0.3) is 5.91 Å². The number of aromatic nitrogens is 1. The van der Waals surface area contributed by atoms with Gasteiger partial charge in [-0.1, -0.05) is 48.0 Å². The van der Waals surface area contributed by atoms with Crippen LogP contribution in [0.5, 0.6) is 5.75 Å². The van der Waals surface area contributed by atoms with Crippen LogP contribution < -0.4 is 10.1 Å². The van der Waals surface area contributed by atoms with Gasteiger partial charge in [-0.3, -0.25) is 4.79 Å². The predicted octanol–water partition coefficient (Wildman–Crippen LogP) is 5.39. The molecule has 1 atom stereocenters. The number of hydrogen-bond donors (Lipinski definition) is 2. The summed E-state index contributed by atoms with van der Waals surface area (Å²) in [6.45, 7) is 0.427. The average Bonchev–Trinajstić information content (AvgIpc) is 3.19. The molecule has 146 valence electrons. The van der Waals surface area contributed by atoms with Crippen LogP contribution in [-0.4, -0.2) is 24.5 Å². The molecule has 3 aromatic carbocycles. The summed E-state index contributed by atoms with van der Waals surface area (Å²) in [6.07, 6.45) is 2.00. The smallest absolute Gasteiger partial charge is 0.251 e. The Labute approximate surface area is 174 Å². The number of H-pyrrole nitrogens is 1. The summed E-state index contributed by atoms with van der Waals surface area (Å²) < 4.78 is 5.16. The molecule has 1 amide bonds. The summed E-state index contributed by atoms with van der Waals surface area (Å²) in [5.41, 5.74) is 3.72. The van der Waals surface area contributed by atoms with Crippen molar-refractivity contribution in [2.75, 3.05) is 13.7 Å². The maximum atomic E-state index is 12.7. The Hall–Kier alpha value is -3.24. The van der Waals surface area contributed by atoms with E-state index in [1.54, 1.807) is 31.4 Å². The van der Waals surface area contributed by atoms with E-state index in [1.807, 2.05) is 48.7 Å². The standard InChI is InChI=1S/C24H21ClN2O2/c1-29-17-12-10-16(11-13-17)24(28)27-15-20(18-6-2-4-8-22(18)25)21-14-26-23-9-5-3-7-19(21)23/h2-14,20,26H,15H2,1H3,(H,27,28). The second-order valence-electron chi connectivity index (χ2n) is 6.80. The van der Waals surface area contributed by atoms with Gasteiger partial charge in [-0.25, -0.2) is 0 Å². The normalized spacial score (nSPS) is 11.9. The van der Waals surface area contributed by atoms with Gasteiger partial charge in [0.2, 0.25) is 0 Å². The number of ether oxygens (including phenoxy) is 1. The first-order valence-electron chi connectivity index (χ1n) is 9.40. The van der Waals surface area contributed by atoms with Crippen LogP contribution in [0.3, 0.4) is 0 Å². The van der Waals surface area contributed by atoms with E-state index in [0.717, 1.165) is 22.0 Å². The van der Waals surface area contributed by atoms with E-state index in [0.29, 0.717) is 22.9 Å². The summed E-state index contributed by atoms with van der Waals surface area (Å²) >= 11 is 6.52. The third-order valence-corrected chi connectivity index (χ3v) is 5.44. The molecule has 1 unspecified atom stereocenters. The second kappa shape index (κ2) is 8.41. The zero-order valence-electron chi connectivity index (χ0n) is 16.0. The number of carbonyl (C=O) groups is 1. The Morgan fingerprint density at radius 1 is 1.00 bits per heavy atom. The fourth-order valence-corrected chi connectivity index (χ4v) is 3.83. The minimum atomic E-state index is -0.135. The van der Waals surface area contributed by atoms with Gasteiger partial charge in [0.15, 0.2) is 0 Å². The number of hydrogen-bond acceptors (Lipinski definition) is 2. The minimum Gasteiger partial charge on any atom is -0.497 e. The molecule has 0 spiro atoms. The van der Waals surface area contributed by atoms with E-state index in [1.165, 1.54) is 0 Å². The Bertz CT molecular complexity index is 1140. The van der Waals surface area contributed by atoms with Gasteiger partial charge in [0.1, 0.15) is 5.75 Å². The number of amides is 1. The third-order valence-electron chi connectivity index (χ3n) is 5.10. The minimum absolute atomic E-state index is 0.0814. The van der Waals surface area contributed by atoms with E-state index >= 15 is 0 Å². The number of halogens is 1. The molecule has 29 heavy (non-hydrogen) atoms. The molecule has 4 rings (SSSR count). The highest BCUT2D eigenvalue weighted by atomic mass is 35.5. The fourth-order valence-electron chi connectivity index (χ4n) is 3.57. The molecule has 0 saturated carbocycles. The molecule has 0 aliphatic rings. The van der Waals surface area contributed by atoms with Crippen molar-refractivity contribution in [3.05, 3.63) is 101 Å². The van der Waals surface area contributed by atoms with Gasteiger partial charge in [-0.05, 0) is 47.5 Å². The van der Waals surface area contributed by atoms with Gasteiger partial charge in [-0.15, -0.1) is 0 Å². The number of nitrogens with one attached hydrogen (secondary N) is 2. The van der Waals surface area contributed by atoms with Crippen LogP contribution in [0.4, 0.5) is 0 Å². The highest BCUT2D eigenvalue weighted by molar-refractivity contribution is 6.31. The van der Waals surface area contributed by atoms with Gasteiger partial charge < -0.3 is 15.0 Å². The number of carbonyl (C=O) groups excluding carboxylic acids is 1. The monoisotopic (exact) mass is 404 g/mol. The molecule has 0 bridgehead atoms. The summed E-state index contributed by atoms with van der Waals surface area (Å²) in [5.74, 6) is 0.501. The SMILES string of the molecule is COc1ccc(C(=O)NCC(c2ccccc2Cl)c2c[nH]c3ccccc23)cc1. The highest BCUT2D eigenvalue weighted by Gasteiger charge is 2.21. The lowest BCUT2D eigenvalue weighted by Crippen LogP contribution is -2.29. The van der Waals surface area contributed by atoms with E-state index in [2.05, 4.69) is 16.4 Å². The average molecular weight is 405 g/mol. The summed E-state index contributed by atoms with van der Waals surface area (Å²) in [5, 5.41) is 4.87. The van der Waals surface area contributed by atoms with Crippen molar-refractivity contribution >= 4 is 28.4 Å². The quantitative estimate of drug-likeness (QED) is 0.452. The zero-order chi connectivity index (χ0) is 20.2. The van der Waals surface area contributed by atoms with E-state index in [-0.39, 0.29) is 11.8 Å². The van der Waals surface area contributed by atoms with Crippen LogP contribution in [0.1, 0.15) is 27.4 Å². The van der Waals surface area contributed by atoms with Crippen molar-refractivity contribution in [2.45, 2.75) is 5.92 Å². The molecular weight excluding hydrogens is 384 g/mol. The lowest BCUT2D eigenvalue weighted by atomic mass is 9.90. The van der Waals surface area contributed by atoms with Crippen molar-refractivity contribution in [1.29, 1.82) is 0 Å². The largest absolute Gasteiger partial charge is 0.497 e. The molecule has 1 aromatic heterocycles. The van der Waals surface area contributed by atoms with Crippen molar-refractivity contribution < 1.29 is 9.53 Å². The lowest BCUT2D eigenvalue weighted by Gasteiger charge is -2.19. The number of rotatable bonds is 6. The molecule has 0 aliphatic heterocycles. The summed E-state index contributed by atoms with van der Waals surface area (Å²) in [4.78, 5) is 16.0. The number of methoxy groups -OCH3 is 1. The van der Waals surface area contributed by atoms with E-state index < -0.39 is 0 Å². The number of aromatic amines is 1. The highest BCUT2D eigenvalue weighted by Crippen LogP contribution is 2.34. The van der Waals surface area contributed by atoms with Gasteiger partial charge >= 0.3 is 0 Å². The second-order valence-corrected chi connectivity index (χ2v) is 7.21. The maximum Gasteiger partial charge on any atom is 0.251 e. The molecule has 0 saturated heterocycles. The molecule has 0 aliphatic carbocycles. The Morgan fingerprint density at radius 3 is 2.48 bits per heavy atom. The van der Waals surface area contributed by atoms with Crippen LogP contribution in [-0.2, 0) is 0 Å². The lowest BCUT2D eigenvalue weighted by molar-refractivity contribution is 0.0952. The van der Waals surface area contributed by atoms with Crippen LogP contribution in [0.2, 0.25) is 5.02 Å². The predicted molar refractivity (Wildman–Crippen MR) is 117 cm³/mol. The molecular formula is C24H21ClN2O2. The number of para-hydroxylation sites is 1. The number of benzene rings is 3. The van der Waals surface area contributed by atoms with Crippen LogP contribution in [0, 0.1) is 0 Å². The fraction of sp³-hybridized carbons (Fsp3) is 0.125. The first-order chi connectivity index (χ1) is 14.2. The van der Waals surface area contributed by atoms with Gasteiger partial charge in [0.05, 0.1) is 7.11 Å². The topological polar surface area (TPSA) is 54.1 Å². The van der Waals surface area contributed by atoms with Crippen molar-refractivity contribution in [2.24, 2.45) is 0 Å². The van der Waals surface area contributed by atoms with Gasteiger partial charge in [0, 0.05) is 40.1 Å². The molecule has 0 fully saturated rings. The first kappa shape index (κ1) is 19.1. The van der Waals surface area contributed by atoms with Crippen LogP contribution >= 0.6 is 11.6 Å². The van der Waals surface area contributed by atoms with Crippen molar-refractivity contribution in [3.8, 4) is 5.75 Å². The summed E-state index contributed by atoms with van der Waals surface area (Å²) in [7, 11) is 1.60. The summed E-state index contributed by atoms with van der Waals surface area (Å²) in [6, 6.07) is 23.0. The Balaban J connectivity index is 1.64. The van der Waals surface area contributed by atoms with Crippen molar-refractivity contribution in [3.63, 3.8) is 0 Å². The first-order valence-corrected chi connectivity index (χ1v) is 9.78. The Morgan fingerprint density at radius 2 is 1.72 bits per heavy atom. The molecule has 2 N–H and O–H groups in total. The van der Waals surface area contributed by atoms with Crippen molar-refractivity contribution in [1.82, 2.24) is 10.3 Å². The molecule has 4 nitrogen and oxygen atoms in total. The van der Waals surface area contributed by atoms with E-state index in [9.17, 15) is 4.79 Å². The van der Waals surface area contributed by atoms with Crippen LogP contribution in [0.15, 0.2) is 79.0 Å². The number of fused-ring (bicyclic) bond motifs is 1. The zero-order valence-corrected chi connectivity index (χ0v) is 16.7. The third kappa shape index (κ3) is 3.98. The van der Waals surface area contributed by atoms with Gasteiger partial charge in [-0.2, -0.15) is 0 Å². The molecule has 4 aromatic rings. The molecule has 1 heterocycles. The van der Waals surface area contributed by atoms with Crippen LogP contribution in [0.25, 0.3) is 10.9 Å². The molecule has 5 heteroatoms. The molecule has 0 radical (unpaired) electrons. The maximum absolute atomic E-state index is 12.7.